The number of benzene rings is 1. The molecule has 0 radical (unpaired) electrons. The van der Waals surface area contributed by atoms with Crippen LogP contribution in [-0.2, 0) is 14.3 Å². The molecule has 1 aromatic rings. The van der Waals surface area contributed by atoms with Gasteiger partial charge in [0, 0.05) is 0 Å². The molecule has 21 heavy (non-hydrogen) atoms. The van der Waals surface area contributed by atoms with Gasteiger partial charge < -0.3 is 4.74 Å². The SMILES string of the molecule is O=C1OC(=O)[C@H]2[C@H]3C=C[C@@H]([C@@H]4C(c5ccccc5)=C[C@@H]34)[C@@H]12. The van der Waals surface area contributed by atoms with Crippen LogP contribution in [-0.4, -0.2) is 11.9 Å². The van der Waals surface area contributed by atoms with Gasteiger partial charge >= 0.3 is 11.9 Å². The van der Waals surface area contributed by atoms with Gasteiger partial charge in [0.25, 0.3) is 0 Å². The quantitative estimate of drug-likeness (QED) is 0.450. The fraction of sp³-hybridized carbons (Fsp3) is 0.333. The maximum Gasteiger partial charge on any atom is 0.318 e. The molecule has 6 atom stereocenters. The van der Waals surface area contributed by atoms with Crippen molar-refractivity contribution in [1.29, 1.82) is 0 Å². The molecule has 2 bridgehead atoms. The van der Waals surface area contributed by atoms with E-state index >= 15 is 0 Å². The van der Waals surface area contributed by atoms with Crippen LogP contribution in [0.1, 0.15) is 5.56 Å². The van der Waals surface area contributed by atoms with Crippen LogP contribution in [0.2, 0.25) is 0 Å². The second kappa shape index (κ2) is 3.73. The van der Waals surface area contributed by atoms with Crippen LogP contribution in [0.3, 0.4) is 0 Å². The molecule has 3 heteroatoms. The number of rotatable bonds is 1. The lowest BCUT2D eigenvalue weighted by atomic mass is 9.47. The molecular formula is C18H14O3. The molecule has 0 N–H and O–H groups in total. The summed E-state index contributed by atoms with van der Waals surface area (Å²) in [7, 11) is 0. The third kappa shape index (κ3) is 1.29. The fourth-order valence-corrected chi connectivity index (χ4v) is 4.77. The minimum Gasteiger partial charge on any atom is -0.393 e. The van der Waals surface area contributed by atoms with Crippen LogP contribution in [0.25, 0.3) is 5.57 Å². The molecule has 0 spiro atoms. The van der Waals surface area contributed by atoms with Gasteiger partial charge in [-0.2, -0.15) is 0 Å². The second-order valence-corrected chi connectivity index (χ2v) is 6.42. The summed E-state index contributed by atoms with van der Waals surface area (Å²) in [6.45, 7) is 0. The number of cyclic esters (lactones) is 2. The summed E-state index contributed by atoms with van der Waals surface area (Å²) >= 11 is 0. The molecule has 0 unspecified atom stereocenters. The number of ether oxygens (including phenoxy) is 1. The highest BCUT2D eigenvalue weighted by Crippen LogP contribution is 2.62. The maximum atomic E-state index is 12.0. The Balaban J connectivity index is 1.59. The third-order valence-electron chi connectivity index (χ3n) is 5.63. The van der Waals surface area contributed by atoms with E-state index in [1.165, 1.54) is 11.1 Å². The Morgan fingerprint density at radius 2 is 1.43 bits per heavy atom. The monoisotopic (exact) mass is 278 g/mol. The molecule has 104 valence electrons. The van der Waals surface area contributed by atoms with Gasteiger partial charge in [0.2, 0.25) is 0 Å². The number of hydrogen-bond acceptors (Lipinski definition) is 3. The van der Waals surface area contributed by atoms with Crippen LogP contribution >= 0.6 is 0 Å². The smallest absolute Gasteiger partial charge is 0.318 e. The molecule has 3 nitrogen and oxygen atoms in total. The number of hydrogen-bond donors (Lipinski definition) is 0. The van der Waals surface area contributed by atoms with E-state index in [1.54, 1.807) is 0 Å². The first-order valence-electron chi connectivity index (χ1n) is 7.47. The van der Waals surface area contributed by atoms with Crippen LogP contribution < -0.4 is 0 Å². The Morgan fingerprint density at radius 1 is 0.762 bits per heavy atom. The molecular weight excluding hydrogens is 264 g/mol. The Morgan fingerprint density at radius 3 is 2.19 bits per heavy atom. The van der Waals surface area contributed by atoms with Gasteiger partial charge in [-0.05, 0) is 34.8 Å². The molecule has 1 saturated carbocycles. The van der Waals surface area contributed by atoms with Crippen molar-refractivity contribution in [1.82, 2.24) is 0 Å². The molecule has 1 heterocycles. The molecule has 2 fully saturated rings. The summed E-state index contributed by atoms with van der Waals surface area (Å²) in [4.78, 5) is 24.0. The maximum absolute atomic E-state index is 12.0. The molecule has 1 aliphatic heterocycles. The summed E-state index contributed by atoms with van der Waals surface area (Å²) in [6, 6.07) is 10.3. The standard InChI is InChI=1S/C18H14O3/c19-17-15-10-6-7-11(16(15)18(20)21-17)14-12(8-13(10)14)9-4-2-1-3-5-9/h1-8,10-11,13-16H/t10-,11-,13-,14+,15-,16+/m0/s1. The number of esters is 2. The summed E-state index contributed by atoms with van der Waals surface area (Å²) in [6.07, 6.45) is 6.56. The summed E-state index contributed by atoms with van der Waals surface area (Å²) < 4.78 is 4.91. The van der Waals surface area contributed by atoms with Crippen LogP contribution in [0.4, 0.5) is 0 Å². The topological polar surface area (TPSA) is 43.4 Å². The number of carbonyl (C=O) groups is 2. The predicted molar refractivity (Wildman–Crippen MR) is 75.6 cm³/mol. The second-order valence-electron chi connectivity index (χ2n) is 6.42. The molecule has 0 amide bonds. The summed E-state index contributed by atoms with van der Waals surface area (Å²) in [5, 5.41) is 0. The van der Waals surface area contributed by atoms with Crippen molar-refractivity contribution in [2.24, 2.45) is 35.5 Å². The van der Waals surface area contributed by atoms with Crippen molar-refractivity contribution in [2.75, 3.05) is 0 Å². The highest BCUT2D eigenvalue weighted by molar-refractivity contribution is 5.98. The fourth-order valence-electron chi connectivity index (χ4n) is 4.77. The summed E-state index contributed by atoms with van der Waals surface area (Å²) in [5.41, 5.74) is 2.56. The van der Waals surface area contributed by atoms with Gasteiger partial charge in [-0.25, -0.2) is 0 Å². The van der Waals surface area contributed by atoms with Crippen molar-refractivity contribution < 1.29 is 14.3 Å². The zero-order valence-electron chi connectivity index (χ0n) is 11.3. The van der Waals surface area contributed by atoms with Gasteiger partial charge in [-0.1, -0.05) is 48.6 Å². The molecule has 1 saturated heterocycles. The van der Waals surface area contributed by atoms with Crippen molar-refractivity contribution in [3.8, 4) is 0 Å². The molecule has 6 rings (SSSR count). The first-order valence-corrected chi connectivity index (χ1v) is 7.47. The van der Waals surface area contributed by atoms with Gasteiger partial charge in [-0.3, -0.25) is 9.59 Å². The van der Waals surface area contributed by atoms with Crippen LogP contribution in [0, 0.1) is 35.5 Å². The van der Waals surface area contributed by atoms with Crippen LogP contribution in [0.15, 0.2) is 48.6 Å². The van der Waals surface area contributed by atoms with E-state index in [1.807, 2.05) is 18.2 Å². The average Bonchev–Trinajstić information content (AvgIpc) is 2.77. The van der Waals surface area contributed by atoms with Gasteiger partial charge in [0.1, 0.15) is 0 Å². The zero-order valence-corrected chi connectivity index (χ0v) is 11.3. The lowest BCUT2D eigenvalue weighted by Gasteiger charge is -2.54. The van der Waals surface area contributed by atoms with E-state index in [0.717, 1.165) is 0 Å². The van der Waals surface area contributed by atoms with E-state index in [-0.39, 0.29) is 35.6 Å². The number of allylic oxidation sites excluding steroid dienone is 4. The average molecular weight is 278 g/mol. The first-order chi connectivity index (χ1) is 10.3. The van der Waals surface area contributed by atoms with Crippen LogP contribution in [0.5, 0.6) is 0 Å². The molecule has 0 aromatic heterocycles. The van der Waals surface area contributed by atoms with E-state index < -0.39 is 0 Å². The van der Waals surface area contributed by atoms with E-state index in [9.17, 15) is 9.59 Å². The van der Waals surface area contributed by atoms with Crippen molar-refractivity contribution in [3.05, 3.63) is 54.1 Å². The molecule has 5 aliphatic rings. The van der Waals surface area contributed by atoms with Gasteiger partial charge in [0.05, 0.1) is 11.8 Å². The minimum atomic E-state index is -0.317. The Labute approximate surface area is 122 Å². The van der Waals surface area contributed by atoms with Crippen molar-refractivity contribution in [3.63, 3.8) is 0 Å². The lowest BCUT2D eigenvalue weighted by molar-refractivity contribution is -0.154. The Kier molecular flexibility index (Phi) is 2.04. The highest BCUT2D eigenvalue weighted by atomic mass is 16.6. The first kappa shape index (κ1) is 11.5. The van der Waals surface area contributed by atoms with Crippen molar-refractivity contribution >= 4 is 17.5 Å². The largest absolute Gasteiger partial charge is 0.393 e. The van der Waals surface area contributed by atoms with Crippen molar-refractivity contribution in [2.45, 2.75) is 0 Å². The Hall–Kier alpha value is -2.16. The molecule has 1 aromatic carbocycles. The predicted octanol–water partition coefficient (Wildman–Crippen LogP) is 2.45. The van der Waals surface area contributed by atoms with Gasteiger partial charge in [0.15, 0.2) is 0 Å². The van der Waals surface area contributed by atoms with E-state index in [2.05, 4.69) is 30.4 Å². The number of carbonyl (C=O) groups excluding carboxylic acids is 2. The van der Waals surface area contributed by atoms with E-state index in [4.69, 9.17) is 4.74 Å². The minimum absolute atomic E-state index is 0.115. The lowest BCUT2D eigenvalue weighted by Crippen LogP contribution is -2.52. The van der Waals surface area contributed by atoms with E-state index in [0.29, 0.717) is 11.8 Å². The summed E-state index contributed by atoms with van der Waals surface area (Å²) in [5.74, 6) is -0.146. The zero-order chi connectivity index (χ0) is 14.1. The normalized spacial score (nSPS) is 42.0. The van der Waals surface area contributed by atoms with Gasteiger partial charge in [-0.15, -0.1) is 0 Å². The Bertz CT molecular complexity index is 715. The third-order valence-corrected chi connectivity index (χ3v) is 5.63. The highest BCUT2D eigenvalue weighted by Gasteiger charge is 2.63. The molecule has 4 aliphatic carbocycles.